The Morgan fingerprint density at radius 3 is 2.39 bits per heavy atom. The largest absolute Gasteiger partial charge is 0.464 e. The van der Waals surface area contributed by atoms with E-state index >= 15 is 0 Å². The van der Waals surface area contributed by atoms with Crippen LogP contribution in [0.4, 0.5) is 9.18 Å². The molecule has 0 bridgehead atoms. The lowest BCUT2D eigenvalue weighted by molar-refractivity contribution is 0.103. The standard InChI is InChI=1S/C17H13FN2O3/c1-10-13-4-2-3-5-14(13)20(19-17(22)23)15(10)16(21)11-6-8-12(18)9-7-11/h2-9,19H,1H3,(H,22,23). The van der Waals surface area contributed by atoms with E-state index in [1.54, 1.807) is 19.1 Å². The molecule has 1 amide bonds. The van der Waals surface area contributed by atoms with Crippen molar-refractivity contribution in [3.63, 3.8) is 0 Å². The number of hydrogen-bond donors (Lipinski definition) is 2. The third-order valence-corrected chi connectivity index (χ3v) is 3.66. The molecule has 0 atom stereocenters. The van der Waals surface area contributed by atoms with Crippen molar-refractivity contribution in [1.82, 2.24) is 4.68 Å². The number of fused-ring (bicyclic) bond motifs is 1. The van der Waals surface area contributed by atoms with Crippen molar-refractivity contribution >= 4 is 22.8 Å². The van der Waals surface area contributed by atoms with E-state index in [0.717, 1.165) is 5.39 Å². The Hall–Kier alpha value is -3.15. The average molecular weight is 312 g/mol. The summed E-state index contributed by atoms with van der Waals surface area (Å²) >= 11 is 0. The van der Waals surface area contributed by atoms with Crippen molar-refractivity contribution in [2.24, 2.45) is 0 Å². The number of rotatable bonds is 3. The van der Waals surface area contributed by atoms with Gasteiger partial charge in [0.25, 0.3) is 0 Å². The Kier molecular flexibility index (Phi) is 3.57. The van der Waals surface area contributed by atoms with Crippen molar-refractivity contribution in [3.05, 3.63) is 71.2 Å². The maximum Gasteiger partial charge on any atom is 0.423 e. The van der Waals surface area contributed by atoms with Crippen LogP contribution in [-0.2, 0) is 0 Å². The zero-order chi connectivity index (χ0) is 16.6. The first-order chi connectivity index (χ1) is 11.0. The molecule has 0 saturated carbocycles. The van der Waals surface area contributed by atoms with Crippen LogP contribution in [-0.4, -0.2) is 21.7 Å². The average Bonchev–Trinajstić information content (AvgIpc) is 2.80. The number of nitrogens with one attached hydrogen (secondary N) is 1. The number of hydrogen-bond acceptors (Lipinski definition) is 2. The minimum absolute atomic E-state index is 0.209. The van der Waals surface area contributed by atoms with Gasteiger partial charge in [0.2, 0.25) is 5.78 Å². The molecule has 0 saturated heterocycles. The van der Waals surface area contributed by atoms with Gasteiger partial charge in [0.05, 0.1) is 5.52 Å². The number of benzene rings is 2. The molecule has 0 radical (unpaired) electrons. The predicted octanol–water partition coefficient (Wildman–Crippen LogP) is 3.54. The van der Waals surface area contributed by atoms with Crippen LogP contribution in [0.3, 0.4) is 0 Å². The van der Waals surface area contributed by atoms with E-state index in [0.29, 0.717) is 11.1 Å². The Balaban J connectivity index is 2.23. The molecule has 1 aromatic heterocycles. The molecule has 1 heterocycles. The summed E-state index contributed by atoms with van der Waals surface area (Å²) < 4.78 is 14.3. The number of amides is 1. The number of carboxylic acid groups (broad SMARTS) is 1. The molecule has 0 fully saturated rings. The highest BCUT2D eigenvalue weighted by Gasteiger charge is 2.22. The zero-order valence-electron chi connectivity index (χ0n) is 12.2. The Bertz CT molecular complexity index is 913. The fraction of sp³-hybridized carbons (Fsp3) is 0.0588. The van der Waals surface area contributed by atoms with Crippen LogP contribution >= 0.6 is 0 Å². The quantitative estimate of drug-likeness (QED) is 0.727. The van der Waals surface area contributed by atoms with Gasteiger partial charge in [0.15, 0.2) is 0 Å². The molecule has 0 spiro atoms. The third-order valence-electron chi connectivity index (χ3n) is 3.66. The van der Waals surface area contributed by atoms with Crippen LogP contribution in [0.15, 0.2) is 48.5 Å². The molecule has 0 aliphatic carbocycles. The summed E-state index contributed by atoms with van der Waals surface area (Å²) in [6.45, 7) is 1.75. The van der Waals surface area contributed by atoms with Crippen LogP contribution in [0.5, 0.6) is 0 Å². The maximum absolute atomic E-state index is 13.0. The van der Waals surface area contributed by atoms with E-state index in [1.807, 2.05) is 12.1 Å². The smallest absolute Gasteiger partial charge is 0.423 e. The second kappa shape index (κ2) is 5.57. The number of aryl methyl sites for hydroxylation is 1. The van der Waals surface area contributed by atoms with Gasteiger partial charge >= 0.3 is 6.09 Å². The summed E-state index contributed by atoms with van der Waals surface area (Å²) in [7, 11) is 0. The summed E-state index contributed by atoms with van der Waals surface area (Å²) in [6.07, 6.45) is -1.28. The number of para-hydroxylation sites is 1. The molecule has 0 aliphatic rings. The van der Waals surface area contributed by atoms with Gasteiger partial charge in [-0.15, -0.1) is 0 Å². The van der Waals surface area contributed by atoms with Crippen molar-refractivity contribution in [3.8, 4) is 0 Å². The van der Waals surface area contributed by atoms with E-state index in [2.05, 4.69) is 5.43 Å². The van der Waals surface area contributed by atoms with E-state index in [-0.39, 0.29) is 17.0 Å². The highest BCUT2D eigenvalue weighted by molar-refractivity contribution is 6.12. The van der Waals surface area contributed by atoms with E-state index in [9.17, 15) is 14.0 Å². The molecule has 5 nitrogen and oxygen atoms in total. The first kappa shape index (κ1) is 14.8. The van der Waals surface area contributed by atoms with Crippen molar-refractivity contribution < 1.29 is 19.1 Å². The molecule has 2 N–H and O–H groups in total. The number of aromatic nitrogens is 1. The fourth-order valence-corrected chi connectivity index (χ4v) is 2.62. The van der Waals surface area contributed by atoms with Crippen LogP contribution in [0.1, 0.15) is 21.6 Å². The molecule has 0 aliphatic heterocycles. The van der Waals surface area contributed by atoms with E-state index in [4.69, 9.17) is 5.11 Å². The molecule has 0 unspecified atom stereocenters. The van der Waals surface area contributed by atoms with Crippen molar-refractivity contribution in [1.29, 1.82) is 0 Å². The summed E-state index contributed by atoms with van der Waals surface area (Å²) in [4.78, 5) is 23.9. The van der Waals surface area contributed by atoms with Crippen LogP contribution < -0.4 is 5.43 Å². The normalized spacial score (nSPS) is 10.7. The number of halogens is 1. The number of ketones is 1. The third kappa shape index (κ3) is 2.55. The second-order valence-electron chi connectivity index (χ2n) is 5.08. The molecular formula is C17H13FN2O3. The number of nitrogens with zero attached hydrogens (tertiary/aromatic N) is 1. The Morgan fingerprint density at radius 2 is 1.74 bits per heavy atom. The first-order valence-corrected chi connectivity index (χ1v) is 6.89. The number of carbonyl (C=O) groups is 2. The zero-order valence-corrected chi connectivity index (χ0v) is 12.2. The van der Waals surface area contributed by atoms with Crippen molar-refractivity contribution in [2.45, 2.75) is 6.92 Å². The molecule has 116 valence electrons. The van der Waals surface area contributed by atoms with Gasteiger partial charge in [0.1, 0.15) is 11.5 Å². The topological polar surface area (TPSA) is 71.3 Å². The summed E-state index contributed by atoms with van der Waals surface area (Å²) in [5, 5.41) is 9.83. The molecule has 3 aromatic rings. The summed E-state index contributed by atoms with van der Waals surface area (Å²) in [6, 6.07) is 12.2. The first-order valence-electron chi connectivity index (χ1n) is 6.89. The van der Waals surface area contributed by atoms with Crippen LogP contribution in [0, 0.1) is 12.7 Å². The van der Waals surface area contributed by atoms with Crippen LogP contribution in [0.25, 0.3) is 10.9 Å². The summed E-state index contributed by atoms with van der Waals surface area (Å²) in [5.41, 5.74) is 3.97. The highest BCUT2D eigenvalue weighted by atomic mass is 19.1. The van der Waals surface area contributed by atoms with Gasteiger partial charge in [-0.05, 0) is 42.8 Å². The summed E-state index contributed by atoms with van der Waals surface area (Å²) in [5.74, 6) is -0.824. The van der Waals surface area contributed by atoms with Gasteiger partial charge in [-0.1, -0.05) is 18.2 Å². The SMILES string of the molecule is Cc1c(C(=O)c2ccc(F)cc2)n(NC(=O)O)c2ccccc12. The van der Waals surface area contributed by atoms with Gasteiger partial charge in [-0.2, -0.15) is 0 Å². The van der Waals surface area contributed by atoms with Gasteiger partial charge in [-0.25, -0.2) is 19.3 Å². The molecular weight excluding hydrogens is 299 g/mol. The van der Waals surface area contributed by atoms with Gasteiger partial charge in [-0.3, -0.25) is 4.79 Å². The molecule has 6 heteroatoms. The lowest BCUT2D eigenvalue weighted by atomic mass is 10.0. The van der Waals surface area contributed by atoms with E-state index in [1.165, 1.54) is 28.9 Å². The molecule has 3 rings (SSSR count). The van der Waals surface area contributed by atoms with Gasteiger partial charge in [0, 0.05) is 10.9 Å². The Labute approximate surface area is 130 Å². The maximum atomic E-state index is 13.0. The lowest BCUT2D eigenvalue weighted by Crippen LogP contribution is -2.25. The predicted molar refractivity (Wildman–Crippen MR) is 83.9 cm³/mol. The van der Waals surface area contributed by atoms with Gasteiger partial charge < -0.3 is 5.11 Å². The number of carbonyl (C=O) groups excluding carboxylic acids is 1. The second-order valence-corrected chi connectivity index (χ2v) is 5.08. The van der Waals surface area contributed by atoms with E-state index < -0.39 is 11.9 Å². The van der Waals surface area contributed by atoms with Crippen LogP contribution in [0.2, 0.25) is 0 Å². The minimum Gasteiger partial charge on any atom is -0.464 e. The lowest BCUT2D eigenvalue weighted by Gasteiger charge is -2.10. The highest BCUT2D eigenvalue weighted by Crippen LogP contribution is 2.26. The molecule has 23 heavy (non-hydrogen) atoms. The Morgan fingerprint density at radius 1 is 1.09 bits per heavy atom. The monoisotopic (exact) mass is 312 g/mol. The van der Waals surface area contributed by atoms with Crippen molar-refractivity contribution in [2.75, 3.05) is 5.43 Å². The minimum atomic E-state index is -1.28. The molecule has 2 aromatic carbocycles. The fourth-order valence-electron chi connectivity index (χ4n) is 2.62.